The number of likely N-dealkylation sites (tertiary alicyclic amines) is 1. The normalized spacial score (nSPS) is 22.5. The molecule has 88 valence electrons. The van der Waals surface area contributed by atoms with Crippen LogP contribution < -0.4 is 0 Å². The summed E-state index contributed by atoms with van der Waals surface area (Å²) in [5, 5.41) is 0. The Bertz CT molecular complexity index is 201. The second-order valence-corrected chi connectivity index (χ2v) is 5.12. The molecule has 0 spiro atoms. The smallest absolute Gasteiger partial charge is 0.222 e. The minimum Gasteiger partial charge on any atom is -0.340 e. The van der Waals surface area contributed by atoms with Crippen LogP contribution >= 0.6 is 0 Å². The van der Waals surface area contributed by atoms with Crippen LogP contribution in [0.5, 0.6) is 0 Å². The molecule has 0 aromatic heterocycles. The third-order valence-corrected chi connectivity index (χ3v) is 3.19. The number of carbonyl (C=O) groups is 1. The number of unbranched alkanes of at least 4 members (excludes halogenated alkanes) is 1. The summed E-state index contributed by atoms with van der Waals surface area (Å²) in [6.07, 6.45) is 6.60. The molecule has 0 bridgehead atoms. The molecule has 0 N–H and O–H groups in total. The molecule has 0 aliphatic carbocycles. The van der Waals surface area contributed by atoms with Crippen LogP contribution in [0.3, 0.4) is 0 Å². The molecule has 2 nitrogen and oxygen atoms in total. The fourth-order valence-electron chi connectivity index (χ4n) is 2.42. The number of hydrogen-bond donors (Lipinski definition) is 0. The highest BCUT2D eigenvalue weighted by Gasteiger charge is 2.27. The van der Waals surface area contributed by atoms with E-state index in [0.717, 1.165) is 25.8 Å². The van der Waals surface area contributed by atoms with Gasteiger partial charge in [-0.3, -0.25) is 4.79 Å². The second kappa shape index (κ2) is 6.14. The van der Waals surface area contributed by atoms with Crippen molar-refractivity contribution in [2.24, 2.45) is 5.92 Å². The van der Waals surface area contributed by atoms with Crippen molar-refractivity contribution in [3.05, 3.63) is 0 Å². The van der Waals surface area contributed by atoms with Gasteiger partial charge in [0.15, 0.2) is 0 Å². The van der Waals surface area contributed by atoms with E-state index in [9.17, 15) is 4.79 Å². The van der Waals surface area contributed by atoms with Gasteiger partial charge in [0.1, 0.15) is 0 Å². The molecule has 1 aliphatic heterocycles. The molecular weight excluding hydrogens is 186 g/mol. The van der Waals surface area contributed by atoms with Crippen molar-refractivity contribution in [2.75, 3.05) is 6.54 Å². The summed E-state index contributed by atoms with van der Waals surface area (Å²) in [5.74, 6) is 1.09. The van der Waals surface area contributed by atoms with E-state index in [0.29, 0.717) is 17.9 Å². The lowest BCUT2D eigenvalue weighted by Crippen LogP contribution is -2.44. The topological polar surface area (TPSA) is 20.3 Å². The Morgan fingerprint density at radius 1 is 1.47 bits per heavy atom. The molecule has 1 fully saturated rings. The first-order valence-corrected chi connectivity index (χ1v) is 6.44. The monoisotopic (exact) mass is 211 g/mol. The van der Waals surface area contributed by atoms with Crippen molar-refractivity contribution in [2.45, 2.75) is 65.3 Å². The van der Waals surface area contributed by atoms with Crippen molar-refractivity contribution < 1.29 is 4.79 Å². The van der Waals surface area contributed by atoms with E-state index in [4.69, 9.17) is 0 Å². The van der Waals surface area contributed by atoms with Gasteiger partial charge in [-0.25, -0.2) is 0 Å². The van der Waals surface area contributed by atoms with Gasteiger partial charge in [-0.05, 0) is 31.6 Å². The standard InChI is InChI=1S/C13H25NO/c1-4-5-9-14-12(10-11(2)3)7-6-8-13(14)15/h11-12H,4-10H2,1-3H3. The summed E-state index contributed by atoms with van der Waals surface area (Å²) in [4.78, 5) is 14.0. The highest BCUT2D eigenvalue weighted by atomic mass is 16.2. The SMILES string of the molecule is CCCCN1C(=O)CCCC1CC(C)C. The summed E-state index contributed by atoms with van der Waals surface area (Å²) >= 11 is 0. The minimum atomic E-state index is 0.389. The van der Waals surface area contributed by atoms with Gasteiger partial charge in [-0.1, -0.05) is 27.2 Å². The summed E-state index contributed by atoms with van der Waals surface area (Å²) in [6, 6.07) is 0.526. The minimum absolute atomic E-state index is 0.389. The number of nitrogens with zero attached hydrogens (tertiary/aromatic N) is 1. The maximum absolute atomic E-state index is 11.8. The molecule has 1 saturated heterocycles. The maximum atomic E-state index is 11.8. The first kappa shape index (κ1) is 12.5. The van der Waals surface area contributed by atoms with Gasteiger partial charge in [-0.15, -0.1) is 0 Å². The van der Waals surface area contributed by atoms with E-state index < -0.39 is 0 Å². The predicted molar refractivity (Wildman–Crippen MR) is 63.7 cm³/mol. The van der Waals surface area contributed by atoms with Crippen LogP contribution in [0.1, 0.15) is 59.3 Å². The van der Waals surface area contributed by atoms with Gasteiger partial charge < -0.3 is 4.90 Å². The van der Waals surface area contributed by atoms with Gasteiger partial charge in [0.25, 0.3) is 0 Å². The molecule has 1 amide bonds. The van der Waals surface area contributed by atoms with E-state index in [2.05, 4.69) is 25.7 Å². The van der Waals surface area contributed by atoms with Crippen LogP contribution in [-0.4, -0.2) is 23.4 Å². The fraction of sp³-hybridized carbons (Fsp3) is 0.923. The first-order valence-electron chi connectivity index (χ1n) is 6.44. The molecule has 1 aliphatic rings. The number of amides is 1. The zero-order valence-electron chi connectivity index (χ0n) is 10.5. The van der Waals surface area contributed by atoms with Crippen LogP contribution in [0, 0.1) is 5.92 Å². The average molecular weight is 211 g/mol. The summed E-state index contributed by atoms with van der Waals surface area (Å²) < 4.78 is 0. The molecule has 0 aromatic rings. The Kier molecular flexibility index (Phi) is 5.13. The van der Waals surface area contributed by atoms with Crippen LogP contribution in [0.4, 0.5) is 0 Å². The van der Waals surface area contributed by atoms with Gasteiger partial charge in [0, 0.05) is 19.0 Å². The number of hydrogen-bond acceptors (Lipinski definition) is 1. The number of piperidine rings is 1. The van der Waals surface area contributed by atoms with Crippen molar-refractivity contribution >= 4 is 5.91 Å². The van der Waals surface area contributed by atoms with Crippen molar-refractivity contribution in [3.63, 3.8) is 0 Å². The van der Waals surface area contributed by atoms with Crippen molar-refractivity contribution in [1.29, 1.82) is 0 Å². The Hall–Kier alpha value is -0.530. The third-order valence-electron chi connectivity index (χ3n) is 3.19. The Balaban J connectivity index is 2.51. The Morgan fingerprint density at radius 3 is 2.80 bits per heavy atom. The predicted octanol–water partition coefficient (Wildman–Crippen LogP) is 3.21. The molecule has 15 heavy (non-hydrogen) atoms. The molecule has 1 unspecified atom stereocenters. The third kappa shape index (κ3) is 3.84. The van der Waals surface area contributed by atoms with E-state index >= 15 is 0 Å². The molecule has 0 saturated carbocycles. The lowest BCUT2D eigenvalue weighted by Gasteiger charge is -2.36. The lowest BCUT2D eigenvalue weighted by atomic mass is 9.93. The quantitative estimate of drug-likeness (QED) is 0.684. The van der Waals surface area contributed by atoms with Crippen LogP contribution in [0.25, 0.3) is 0 Å². The highest BCUT2D eigenvalue weighted by molar-refractivity contribution is 5.77. The van der Waals surface area contributed by atoms with Gasteiger partial charge in [0.05, 0.1) is 0 Å². The van der Waals surface area contributed by atoms with Crippen LogP contribution in [-0.2, 0) is 4.79 Å². The summed E-state index contributed by atoms with van der Waals surface area (Å²) in [5.41, 5.74) is 0. The molecule has 2 heteroatoms. The molecule has 1 atom stereocenters. The zero-order valence-corrected chi connectivity index (χ0v) is 10.5. The van der Waals surface area contributed by atoms with Gasteiger partial charge in [-0.2, -0.15) is 0 Å². The van der Waals surface area contributed by atoms with Crippen molar-refractivity contribution in [3.8, 4) is 0 Å². The van der Waals surface area contributed by atoms with E-state index in [1.54, 1.807) is 0 Å². The largest absolute Gasteiger partial charge is 0.340 e. The molecule has 1 heterocycles. The van der Waals surface area contributed by atoms with E-state index in [1.807, 2.05) is 0 Å². The zero-order chi connectivity index (χ0) is 11.3. The lowest BCUT2D eigenvalue weighted by molar-refractivity contribution is -0.136. The van der Waals surface area contributed by atoms with E-state index in [1.165, 1.54) is 19.3 Å². The Morgan fingerprint density at radius 2 is 2.20 bits per heavy atom. The average Bonchev–Trinajstić information content (AvgIpc) is 2.16. The molecule has 1 rings (SSSR count). The molecule has 0 aromatic carbocycles. The fourth-order valence-corrected chi connectivity index (χ4v) is 2.42. The molecule has 0 radical (unpaired) electrons. The summed E-state index contributed by atoms with van der Waals surface area (Å²) in [6.45, 7) is 7.66. The second-order valence-electron chi connectivity index (χ2n) is 5.12. The Labute approximate surface area is 94.0 Å². The van der Waals surface area contributed by atoms with E-state index in [-0.39, 0.29) is 0 Å². The van der Waals surface area contributed by atoms with Gasteiger partial charge >= 0.3 is 0 Å². The summed E-state index contributed by atoms with van der Waals surface area (Å²) in [7, 11) is 0. The maximum Gasteiger partial charge on any atom is 0.222 e. The van der Waals surface area contributed by atoms with Crippen LogP contribution in [0.2, 0.25) is 0 Å². The number of carbonyl (C=O) groups excluding carboxylic acids is 1. The van der Waals surface area contributed by atoms with Crippen LogP contribution in [0.15, 0.2) is 0 Å². The number of rotatable bonds is 5. The first-order chi connectivity index (χ1) is 7.15. The van der Waals surface area contributed by atoms with Gasteiger partial charge in [0.2, 0.25) is 5.91 Å². The van der Waals surface area contributed by atoms with Crippen molar-refractivity contribution in [1.82, 2.24) is 4.90 Å². The molecular formula is C13H25NO. The highest BCUT2D eigenvalue weighted by Crippen LogP contribution is 2.23.